The molecule has 0 bridgehead atoms. The second-order valence-corrected chi connectivity index (χ2v) is 37.4. The summed E-state index contributed by atoms with van der Waals surface area (Å²) in [5, 5.41) is 0. The molecule has 2 aliphatic heterocycles. The van der Waals surface area contributed by atoms with Crippen LogP contribution in [0.1, 0.15) is 191 Å². The van der Waals surface area contributed by atoms with Gasteiger partial charge >= 0.3 is 22.8 Å². The van der Waals surface area contributed by atoms with E-state index in [9.17, 15) is 19.2 Å². The van der Waals surface area contributed by atoms with E-state index in [1.807, 2.05) is 188 Å². The molecule has 736 valence electrons. The van der Waals surface area contributed by atoms with Gasteiger partial charge in [0.15, 0.2) is 45.9 Å². The van der Waals surface area contributed by atoms with E-state index < -0.39 is 0 Å². The van der Waals surface area contributed by atoms with Crippen molar-refractivity contribution < 1.29 is 23.7 Å². The molecular formula is C114H136N18O9. The van der Waals surface area contributed by atoms with Crippen molar-refractivity contribution in [2.24, 2.45) is 45.9 Å². The van der Waals surface area contributed by atoms with Gasteiger partial charge in [-0.25, -0.2) is 59.0 Å². The Bertz CT molecular complexity index is 7330. The molecule has 9 aromatic heterocycles. The lowest BCUT2D eigenvalue weighted by atomic mass is 9.97. The van der Waals surface area contributed by atoms with Gasteiger partial charge in [-0.3, -0.25) is 41.5 Å². The number of pyridine rings is 1. The Hall–Kier alpha value is -14.6. The van der Waals surface area contributed by atoms with Gasteiger partial charge in [0, 0.05) is 81.6 Å². The first-order valence-corrected chi connectivity index (χ1v) is 47.5. The van der Waals surface area contributed by atoms with Crippen LogP contribution < -0.4 is 41.7 Å². The molecule has 27 heteroatoms. The number of hydrogen-bond donors (Lipinski definition) is 0. The van der Waals surface area contributed by atoms with E-state index in [1.165, 1.54) is 54.5 Å². The molecule has 27 nitrogen and oxygen atoms in total. The molecule has 8 aromatic carbocycles. The molecular weight excluding hydrogens is 1770 g/mol. The largest absolute Gasteiger partial charge is 0.493 e. The van der Waals surface area contributed by atoms with Gasteiger partial charge in [-0.1, -0.05) is 237 Å². The van der Waals surface area contributed by atoms with Gasteiger partial charge in [-0.2, -0.15) is 0 Å². The van der Waals surface area contributed by atoms with Crippen molar-refractivity contribution in [1.29, 1.82) is 0 Å². The van der Waals surface area contributed by atoms with Gasteiger partial charge in [0.05, 0.1) is 83.1 Å². The average Bonchev–Trinajstić information content (AvgIpc) is 1.69. The van der Waals surface area contributed by atoms with Crippen molar-refractivity contribution in [2.45, 2.75) is 174 Å². The van der Waals surface area contributed by atoms with Crippen LogP contribution in [-0.2, 0) is 65.7 Å². The minimum absolute atomic E-state index is 0. The van der Waals surface area contributed by atoms with E-state index in [-0.39, 0.29) is 52.5 Å². The van der Waals surface area contributed by atoms with Crippen LogP contribution in [0.2, 0.25) is 0 Å². The van der Waals surface area contributed by atoms with E-state index in [1.54, 1.807) is 95.7 Å². The fourth-order valence-corrected chi connectivity index (χ4v) is 17.8. The summed E-state index contributed by atoms with van der Waals surface area (Å²) in [4.78, 5) is 96.7. The number of hydrogen-bond acceptors (Lipinski definition) is 19. The van der Waals surface area contributed by atoms with Crippen LogP contribution in [0.25, 0.3) is 90.2 Å². The summed E-state index contributed by atoms with van der Waals surface area (Å²) in [5.74, 6) is 9.00. The molecule has 2 atom stereocenters. The standard InChI is InChI=1S/C29H35N5O2.C28H27N5O2.C27H30N4O3.C26H28N4O2.4CH4/c1-20(2)24-9-5-6-10-25(24)27-30-16-26-28(31-27)34(29(35)33(26)4)18-21-11-13-23(14-12-21)36-19-22-8-7-15-32(3)17-22;1-19(2)23-9-4-5-10-24(23)26-30-16-25-27(31-26)33(28(34)32(25)3)17-20-11-13-22(14-12-20)35-18-21-8-6-7-15-29-21;1-18(2)22-6-4-5-7-23(22)25-28-14-24-26(29-25)31(27(32)30(24)3)15-19-8-10-21(11-9-19)34-17-20-12-13-33-16-20;1-17(2)21-6-4-5-7-22(21)24-27-14-23-25(28-24)30(26(31)29(23)3)15-18-10-12-20(13-11-18)32-16-19-8-9-19;;;;/h5-6,9-14,16,20,22H,7-8,15,17-19H2,1-4H3;4-16,19H,17-18H2,1-3H3;4-11,14,18,20H,12-13,15-17H2,1-3H3;4-7,10-14,17,19H,8-9,15-16H2,1-3H3;4*1H4. The monoisotopic (exact) mass is 1900 g/mol. The molecule has 1 saturated carbocycles. The minimum atomic E-state index is -0.126. The van der Waals surface area contributed by atoms with Gasteiger partial charge in [-0.05, 0) is 180 Å². The number of ether oxygens (including phenoxy) is 5. The molecule has 20 rings (SSSR count). The van der Waals surface area contributed by atoms with E-state index in [0.29, 0.717) is 126 Å². The minimum Gasteiger partial charge on any atom is -0.493 e. The predicted molar refractivity (Wildman–Crippen MR) is 565 cm³/mol. The molecule has 2 unspecified atom stereocenters. The lowest BCUT2D eigenvalue weighted by Crippen LogP contribution is -2.34. The lowest BCUT2D eigenvalue weighted by molar-refractivity contribution is 0.150. The molecule has 0 spiro atoms. The molecule has 2 saturated heterocycles. The summed E-state index contributed by atoms with van der Waals surface area (Å²) in [6.07, 6.45) is 14.8. The van der Waals surface area contributed by atoms with Crippen LogP contribution in [0.4, 0.5) is 0 Å². The number of aryl methyl sites for hydroxylation is 4. The average molecular weight is 1900 g/mol. The van der Waals surface area contributed by atoms with Gasteiger partial charge in [0.25, 0.3) is 0 Å². The van der Waals surface area contributed by atoms with E-state index in [4.69, 9.17) is 43.6 Å². The predicted octanol–water partition coefficient (Wildman–Crippen LogP) is 21.3. The topological polar surface area (TPSA) is 273 Å². The third kappa shape index (κ3) is 24.1. The van der Waals surface area contributed by atoms with Crippen LogP contribution in [0.3, 0.4) is 0 Å². The number of imidazole rings is 4. The van der Waals surface area contributed by atoms with Crippen LogP contribution in [-0.4, -0.2) is 139 Å². The van der Waals surface area contributed by atoms with Crippen LogP contribution in [0, 0.1) is 17.8 Å². The van der Waals surface area contributed by atoms with Crippen molar-refractivity contribution >= 4 is 44.7 Å². The maximum absolute atomic E-state index is 13.1. The molecule has 0 amide bonds. The zero-order valence-electron chi connectivity index (χ0n) is 80.4. The molecule has 3 aliphatic rings. The van der Waals surface area contributed by atoms with Crippen molar-refractivity contribution in [3.05, 3.63) is 335 Å². The lowest BCUT2D eigenvalue weighted by Gasteiger charge is -2.29. The Morgan fingerprint density at radius 2 is 0.631 bits per heavy atom. The number of nitrogens with zero attached hydrogens (tertiary/aromatic N) is 18. The highest BCUT2D eigenvalue weighted by atomic mass is 16.5. The van der Waals surface area contributed by atoms with Crippen LogP contribution in [0.5, 0.6) is 23.0 Å². The molecule has 141 heavy (non-hydrogen) atoms. The Balaban J connectivity index is 0.000000157. The summed E-state index contributed by atoms with van der Waals surface area (Å²) >= 11 is 0. The molecule has 17 aromatic rings. The Morgan fingerprint density at radius 3 is 0.915 bits per heavy atom. The number of piperidine rings is 1. The van der Waals surface area contributed by atoms with Crippen molar-refractivity contribution in [3.63, 3.8) is 0 Å². The first-order valence-electron chi connectivity index (χ1n) is 47.5. The third-order valence-electron chi connectivity index (χ3n) is 25.9. The Morgan fingerprint density at radius 1 is 0.333 bits per heavy atom. The fraction of sp³-hybridized carbons (Fsp3) is 0.360. The van der Waals surface area contributed by atoms with Gasteiger partial charge < -0.3 is 28.6 Å². The quantitative estimate of drug-likeness (QED) is 0.0440. The summed E-state index contributed by atoms with van der Waals surface area (Å²) in [6, 6.07) is 70.2. The Kier molecular flexibility index (Phi) is 34.5. The maximum Gasteiger partial charge on any atom is 0.330 e. The Labute approximate surface area is 826 Å². The SMILES string of the molecule is C.C.C.C.CC(C)c1ccccc1-c1ncc2c(n1)n(Cc1ccc(OCC3CC3)cc1)c(=O)n2C.CC(C)c1ccccc1-c1ncc2c(n1)n(Cc1ccc(OCC3CCCN(C)C3)cc1)c(=O)n2C.CC(C)c1ccccc1-c1ncc2c(n1)n(Cc1ccc(OCC3CCOC3)cc1)c(=O)n2C.CC(C)c1ccccc1-c1ncc2c(n1)n(Cc1ccc(OCc3ccccn3)cc1)c(=O)n2C. The van der Waals surface area contributed by atoms with E-state index >= 15 is 0 Å². The van der Waals surface area contributed by atoms with Crippen LogP contribution >= 0.6 is 0 Å². The third-order valence-corrected chi connectivity index (χ3v) is 25.9. The highest BCUT2D eigenvalue weighted by Crippen LogP contribution is 2.35. The molecule has 1 aliphatic carbocycles. The van der Waals surface area contributed by atoms with Crippen molar-refractivity contribution in [1.82, 2.24) is 86.3 Å². The number of likely N-dealkylation sites (tertiary alicyclic amines) is 1. The van der Waals surface area contributed by atoms with Crippen molar-refractivity contribution in [3.8, 4) is 68.5 Å². The second-order valence-electron chi connectivity index (χ2n) is 37.4. The van der Waals surface area contributed by atoms with Gasteiger partial charge in [0.2, 0.25) is 0 Å². The number of benzene rings is 8. The number of aromatic nitrogens is 17. The molecule has 11 heterocycles. The highest BCUT2D eigenvalue weighted by Gasteiger charge is 2.27. The summed E-state index contributed by atoms with van der Waals surface area (Å²) in [6.45, 7) is 25.4. The van der Waals surface area contributed by atoms with E-state index in [2.05, 4.69) is 117 Å². The molecule has 3 fully saturated rings. The maximum atomic E-state index is 13.1. The van der Waals surface area contributed by atoms with Crippen molar-refractivity contribution in [2.75, 3.05) is 53.2 Å². The zero-order chi connectivity index (χ0) is 95.5. The summed E-state index contributed by atoms with van der Waals surface area (Å²) in [5.41, 5.74) is 18.6. The van der Waals surface area contributed by atoms with Gasteiger partial charge in [-0.15, -0.1) is 0 Å². The second kappa shape index (κ2) is 46.9. The van der Waals surface area contributed by atoms with E-state index in [0.717, 1.165) is 135 Å². The number of fused-ring (bicyclic) bond motifs is 4. The zero-order valence-corrected chi connectivity index (χ0v) is 80.4. The smallest absolute Gasteiger partial charge is 0.330 e. The molecule has 0 radical (unpaired) electrons. The molecule has 0 N–H and O–H groups in total. The highest BCUT2D eigenvalue weighted by molar-refractivity contribution is 5.78. The number of rotatable bonds is 28. The van der Waals surface area contributed by atoms with Crippen LogP contribution in [0.15, 0.2) is 262 Å². The first kappa shape index (κ1) is 104. The summed E-state index contributed by atoms with van der Waals surface area (Å²) in [7, 11) is 9.22. The van der Waals surface area contributed by atoms with Gasteiger partial charge in [0.1, 0.15) is 51.7 Å². The fourth-order valence-electron chi connectivity index (χ4n) is 17.8. The first-order chi connectivity index (χ1) is 66.4. The normalized spacial score (nSPS) is 14.0. The summed E-state index contributed by atoms with van der Waals surface area (Å²) < 4.78 is 42.4.